The molecule has 0 amide bonds. The van der Waals surface area contributed by atoms with Gasteiger partial charge >= 0.3 is 0 Å². The monoisotopic (exact) mass is 232 g/mol. The van der Waals surface area contributed by atoms with Crippen LogP contribution in [0.2, 0.25) is 0 Å². The highest BCUT2D eigenvalue weighted by atomic mass is 16.5. The molecule has 0 saturated heterocycles. The standard InChI is InChI=1S/C15H20O2/c1-12-4-6-13(7-5-12)10-14(16)11-15(17-2)8-3-9-15/h4-7H,3,8-11H2,1-2H3. The Hall–Kier alpha value is -1.15. The van der Waals surface area contributed by atoms with Gasteiger partial charge in [0.1, 0.15) is 5.78 Å². The van der Waals surface area contributed by atoms with E-state index in [1.54, 1.807) is 7.11 Å². The average Bonchev–Trinajstić information content (AvgIpc) is 2.27. The summed E-state index contributed by atoms with van der Waals surface area (Å²) in [6.45, 7) is 2.06. The van der Waals surface area contributed by atoms with Crippen molar-refractivity contribution < 1.29 is 9.53 Å². The van der Waals surface area contributed by atoms with Crippen LogP contribution in [0.1, 0.15) is 36.8 Å². The molecule has 2 nitrogen and oxygen atoms in total. The molecule has 2 heteroatoms. The molecule has 1 aliphatic carbocycles. The fraction of sp³-hybridized carbons (Fsp3) is 0.533. The average molecular weight is 232 g/mol. The molecule has 1 saturated carbocycles. The van der Waals surface area contributed by atoms with Gasteiger partial charge in [-0.1, -0.05) is 29.8 Å². The van der Waals surface area contributed by atoms with Gasteiger partial charge in [0, 0.05) is 20.0 Å². The van der Waals surface area contributed by atoms with Crippen LogP contribution in [-0.4, -0.2) is 18.5 Å². The molecule has 0 N–H and O–H groups in total. The highest BCUT2D eigenvalue weighted by Crippen LogP contribution is 2.38. The van der Waals surface area contributed by atoms with Gasteiger partial charge in [0.05, 0.1) is 5.60 Å². The van der Waals surface area contributed by atoms with E-state index in [2.05, 4.69) is 19.1 Å². The molecule has 0 unspecified atom stereocenters. The number of rotatable bonds is 5. The zero-order valence-electron chi connectivity index (χ0n) is 10.7. The third-order valence-corrected chi connectivity index (χ3v) is 3.74. The van der Waals surface area contributed by atoms with Crippen LogP contribution in [-0.2, 0) is 16.0 Å². The predicted octanol–water partition coefficient (Wildman–Crippen LogP) is 3.07. The topological polar surface area (TPSA) is 26.3 Å². The minimum atomic E-state index is -0.137. The molecule has 0 heterocycles. The highest BCUT2D eigenvalue weighted by Gasteiger charge is 2.38. The van der Waals surface area contributed by atoms with Crippen molar-refractivity contribution in [3.8, 4) is 0 Å². The zero-order chi connectivity index (χ0) is 12.3. The summed E-state index contributed by atoms with van der Waals surface area (Å²) in [5.74, 6) is 0.287. The summed E-state index contributed by atoms with van der Waals surface area (Å²) in [7, 11) is 1.72. The van der Waals surface area contributed by atoms with Gasteiger partial charge in [-0.2, -0.15) is 0 Å². The largest absolute Gasteiger partial charge is 0.378 e. The SMILES string of the molecule is COC1(CC(=O)Cc2ccc(C)cc2)CCC1. The van der Waals surface area contributed by atoms with Crippen LogP contribution in [0.5, 0.6) is 0 Å². The van der Waals surface area contributed by atoms with Gasteiger partial charge in [-0.25, -0.2) is 0 Å². The van der Waals surface area contributed by atoms with Gasteiger partial charge in [-0.05, 0) is 31.7 Å². The van der Waals surface area contributed by atoms with Crippen LogP contribution in [0.15, 0.2) is 24.3 Å². The molecule has 92 valence electrons. The van der Waals surface area contributed by atoms with Crippen molar-refractivity contribution in [1.82, 2.24) is 0 Å². The number of aryl methyl sites for hydroxylation is 1. The third-order valence-electron chi connectivity index (χ3n) is 3.74. The first-order valence-corrected chi connectivity index (χ1v) is 6.26. The van der Waals surface area contributed by atoms with Crippen molar-refractivity contribution in [1.29, 1.82) is 0 Å². The number of hydrogen-bond donors (Lipinski definition) is 0. The Balaban J connectivity index is 1.91. The maximum absolute atomic E-state index is 12.0. The van der Waals surface area contributed by atoms with Gasteiger partial charge in [-0.15, -0.1) is 0 Å². The number of carbonyl (C=O) groups excluding carboxylic acids is 1. The summed E-state index contributed by atoms with van der Waals surface area (Å²) < 4.78 is 5.48. The quantitative estimate of drug-likeness (QED) is 0.780. The number of Topliss-reactive ketones (excluding diaryl/α,β-unsaturated/α-hetero) is 1. The van der Waals surface area contributed by atoms with Gasteiger partial charge in [0.25, 0.3) is 0 Å². The Kier molecular flexibility index (Phi) is 3.63. The summed E-state index contributed by atoms with van der Waals surface area (Å²) in [6.07, 6.45) is 4.35. The van der Waals surface area contributed by atoms with Crippen molar-refractivity contribution in [2.24, 2.45) is 0 Å². The van der Waals surface area contributed by atoms with Crippen molar-refractivity contribution >= 4 is 5.78 Å². The second kappa shape index (κ2) is 5.01. The lowest BCUT2D eigenvalue weighted by Crippen LogP contribution is -2.41. The number of ketones is 1. The predicted molar refractivity (Wildman–Crippen MR) is 68.1 cm³/mol. The fourth-order valence-electron chi connectivity index (χ4n) is 2.38. The second-order valence-corrected chi connectivity index (χ2v) is 5.12. The van der Waals surface area contributed by atoms with E-state index in [1.165, 1.54) is 12.0 Å². The van der Waals surface area contributed by atoms with E-state index in [0.29, 0.717) is 12.8 Å². The number of ether oxygens (including phenoxy) is 1. The van der Waals surface area contributed by atoms with Crippen LogP contribution in [0, 0.1) is 6.92 Å². The van der Waals surface area contributed by atoms with Crippen LogP contribution in [0.4, 0.5) is 0 Å². The molecular weight excluding hydrogens is 212 g/mol. The normalized spacial score (nSPS) is 17.5. The number of methoxy groups -OCH3 is 1. The van der Waals surface area contributed by atoms with E-state index < -0.39 is 0 Å². The molecule has 0 aromatic heterocycles. The molecule has 1 aromatic rings. The lowest BCUT2D eigenvalue weighted by Gasteiger charge is -2.40. The Morgan fingerprint density at radius 3 is 2.41 bits per heavy atom. The van der Waals surface area contributed by atoms with Gasteiger partial charge in [0.15, 0.2) is 0 Å². The third kappa shape index (κ3) is 2.95. The second-order valence-electron chi connectivity index (χ2n) is 5.12. The first kappa shape index (κ1) is 12.3. The maximum Gasteiger partial charge on any atom is 0.140 e. The molecule has 0 spiro atoms. The summed E-state index contributed by atoms with van der Waals surface area (Å²) in [6, 6.07) is 8.18. The van der Waals surface area contributed by atoms with Gasteiger partial charge in [0.2, 0.25) is 0 Å². The number of benzene rings is 1. The van der Waals surface area contributed by atoms with Gasteiger partial charge < -0.3 is 4.74 Å². The van der Waals surface area contributed by atoms with E-state index in [0.717, 1.165) is 18.4 Å². The smallest absolute Gasteiger partial charge is 0.140 e. The molecule has 1 aliphatic rings. The number of hydrogen-bond acceptors (Lipinski definition) is 2. The summed E-state index contributed by atoms with van der Waals surface area (Å²) >= 11 is 0. The molecule has 17 heavy (non-hydrogen) atoms. The molecule has 1 fully saturated rings. The van der Waals surface area contributed by atoms with E-state index in [-0.39, 0.29) is 11.4 Å². The Morgan fingerprint density at radius 2 is 1.94 bits per heavy atom. The van der Waals surface area contributed by atoms with Crippen LogP contribution < -0.4 is 0 Å². The molecule has 0 radical (unpaired) electrons. The van der Waals surface area contributed by atoms with E-state index in [4.69, 9.17) is 4.74 Å². The van der Waals surface area contributed by atoms with Crippen LogP contribution in [0.25, 0.3) is 0 Å². The summed E-state index contributed by atoms with van der Waals surface area (Å²) in [5, 5.41) is 0. The molecular formula is C15H20O2. The first-order chi connectivity index (χ1) is 8.13. The van der Waals surface area contributed by atoms with Crippen LogP contribution >= 0.6 is 0 Å². The molecule has 0 atom stereocenters. The zero-order valence-corrected chi connectivity index (χ0v) is 10.7. The van der Waals surface area contributed by atoms with Crippen molar-refractivity contribution in [2.45, 2.75) is 44.6 Å². The maximum atomic E-state index is 12.0. The fourth-order valence-corrected chi connectivity index (χ4v) is 2.38. The Bertz CT molecular complexity index is 382. The molecule has 0 bridgehead atoms. The van der Waals surface area contributed by atoms with Crippen molar-refractivity contribution in [2.75, 3.05) is 7.11 Å². The van der Waals surface area contributed by atoms with Crippen molar-refractivity contribution in [3.05, 3.63) is 35.4 Å². The lowest BCUT2D eigenvalue weighted by molar-refractivity contribution is -0.131. The van der Waals surface area contributed by atoms with E-state index in [9.17, 15) is 4.79 Å². The van der Waals surface area contributed by atoms with E-state index >= 15 is 0 Å². The summed E-state index contributed by atoms with van der Waals surface area (Å²) in [4.78, 5) is 12.0. The van der Waals surface area contributed by atoms with Gasteiger partial charge in [-0.3, -0.25) is 4.79 Å². The summed E-state index contributed by atoms with van der Waals surface area (Å²) in [5.41, 5.74) is 2.20. The molecule has 2 rings (SSSR count). The van der Waals surface area contributed by atoms with Crippen LogP contribution in [0.3, 0.4) is 0 Å². The Morgan fingerprint density at radius 1 is 1.29 bits per heavy atom. The molecule has 0 aliphatic heterocycles. The van der Waals surface area contributed by atoms with E-state index in [1.807, 2.05) is 12.1 Å². The molecule has 1 aromatic carbocycles. The highest BCUT2D eigenvalue weighted by molar-refractivity contribution is 5.82. The minimum absolute atomic E-state index is 0.137. The lowest BCUT2D eigenvalue weighted by atomic mass is 9.76. The minimum Gasteiger partial charge on any atom is -0.378 e. The number of carbonyl (C=O) groups is 1. The van der Waals surface area contributed by atoms with Crippen molar-refractivity contribution in [3.63, 3.8) is 0 Å². The Labute approximate surface area is 103 Å². The first-order valence-electron chi connectivity index (χ1n) is 6.26.